The Bertz CT molecular complexity index is 942. The van der Waals surface area contributed by atoms with Gasteiger partial charge in [0.15, 0.2) is 0 Å². The number of hydrogen-bond donors (Lipinski definition) is 3. The van der Waals surface area contributed by atoms with Crippen LogP contribution in [0.25, 0.3) is 10.9 Å². The summed E-state index contributed by atoms with van der Waals surface area (Å²) in [7, 11) is 0. The molecule has 0 aliphatic rings. The fourth-order valence-electron chi connectivity index (χ4n) is 2.39. The van der Waals surface area contributed by atoms with Crippen LogP contribution in [0.5, 0.6) is 5.75 Å². The quantitative estimate of drug-likeness (QED) is 0.501. The average molecular weight is 293 g/mol. The van der Waals surface area contributed by atoms with E-state index in [1.807, 2.05) is 12.1 Å². The molecule has 0 amide bonds. The van der Waals surface area contributed by atoms with Gasteiger partial charge in [0.1, 0.15) is 11.3 Å². The number of nitrogen functional groups attached to an aromatic ring is 1. The summed E-state index contributed by atoms with van der Waals surface area (Å²) in [5.74, 6) is -0.0740. The Morgan fingerprint density at radius 3 is 2.59 bits per heavy atom. The van der Waals surface area contributed by atoms with Crippen molar-refractivity contribution < 1.29 is 5.11 Å². The molecular weight excluding hydrogens is 278 g/mol. The number of nitrogens with zero attached hydrogens (tertiary/aromatic N) is 1. The number of hydrogen-bond acceptors (Lipinski definition) is 4. The lowest BCUT2D eigenvalue weighted by atomic mass is 10.1. The number of anilines is 1. The van der Waals surface area contributed by atoms with Gasteiger partial charge in [0.2, 0.25) is 0 Å². The lowest BCUT2D eigenvalue weighted by Crippen LogP contribution is -2.16. The van der Waals surface area contributed by atoms with Gasteiger partial charge in [-0.1, -0.05) is 24.3 Å². The third-order valence-electron chi connectivity index (χ3n) is 3.48. The zero-order chi connectivity index (χ0) is 15.7. The fraction of sp³-hybridized carbons (Fsp3) is 0.0588. The highest BCUT2D eigenvalue weighted by molar-refractivity contribution is 6.06. The number of pyridine rings is 1. The number of aliphatic imine (C=N–C) groups is 1. The Morgan fingerprint density at radius 1 is 1.14 bits per heavy atom. The van der Waals surface area contributed by atoms with Crippen LogP contribution in [0.1, 0.15) is 12.5 Å². The molecule has 5 nitrogen and oxygen atoms in total. The lowest BCUT2D eigenvalue weighted by Gasteiger charge is -2.08. The van der Waals surface area contributed by atoms with Crippen molar-refractivity contribution in [1.29, 1.82) is 0 Å². The summed E-state index contributed by atoms with van der Waals surface area (Å²) in [5.41, 5.74) is 7.69. The van der Waals surface area contributed by atoms with Crippen molar-refractivity contribution in [1.82, 2.24) is 4.98 Å². The molecule has 0 fully saturated rings. The number of para-hydroxylation sites is 3. The second-order valence-corrected chi connectivity index (χ2v) is 4.98. The monoisotopic (exact) mass is 293 g/mol. The van der Waals surface area contributed by atoms with Crippen molar-refractivity contribution in [2.24, 2.45) is 4.99 Å². The predicted octanol–water partition coefficient (Wildman–Crippen LogP) is 2.96. The Labute approximate surface area is 126 Å². The fourth-order valence-corrected chi connectivity index (χ4v) is 2.39. The highest BCUT2D eigenvalue weighted by Gasteiger charge is 2.14. The van der Waals surface area contributed by atoms with Crippen molar-refractivity contribution in [3.8, 4) is 5.75 Å². The van der Waals surface area contributed by atoms with Gasteiger partial charge in [-0.3, -0.25) is 9.79 Å². The van der Waals surface area contributed by atoms with Crippen molar-refractivity contribution in [3.63, 3.8) is 0 Å². The maximum absolute atomic E-state index is 12.2. The second-order valence-electron chi connectivity index (χ2n) is 4.98. The van der Waals surface area contributed by atoms with E-state index < -0.39 is 0 Å². The van der Waals surface area contributed by atoms with E-state index in [1.54, 1.807) is 43.3 Å². The molecule has 0 aliphatic carbocycles. The van der Waals surface area contributed by atoms with E-state index in [9.17, 15) is 9.90 Å². The number of aromatic amines is 1. The zero-order valence-corrected chi connectivity index (χ0v) is 12.0. The first kappa shape index (κ1) is 13.9. The average Bonchev–Trinajstić information content (AvgIpc) is 2.49. The van der Waals surface area contributed by atoms with Crippen molar-refractivity contribution in [2.75, 3.05) is 5.73 Å². The summed E-state index contributed by atoms with van der Waals surface area (Å²) < 4.78 is 0. The number of aromatic nitrogens is 1. The topological polar surface area (TPSA) is 91.5 Å². The highest BCUT2D eigenvalue weighted by Crippen LogP contribution is 2.27. The molecule has 0 aliphatic heterocycles. The first-order chi connectivity index (χ1) is 10.6. The van der Waals surface area contributed by atoms with Gasteiger partial charge in [-0.25, -0.2) is 0 Å². The normalized spacial score (nSPS) is 11.8. The van der Waals surface area contributed by atoms with E-state index in [1.165, 1.54) is 0 Å². The molecule has 0 bridgehead atoms. The number of fused-ring (bicyclic) bond motifs is 1. The van der Waals surface area contributed by atoms with Crippen LogP contribution in [0.15, 0.2) is 58.3 Å². The molecule has 3 rings (SSSR count). The molecular formula is C17H15N3O2. The minimum absolute atomic E-state index is 0.0740. The van der Waals surface area contributed by atoms with Gasteiger partial charge in [-0.2, -0.15) is 0 Å². The SMILES string of the molecule is CC(=Nc1ccccc1N)c1c(O)c2ccccc2[nH]c1=O. The van der Waals surface area contributed by atoms with E-state index >= 15 is 0 Å². The molecule has 110 valence electrons. The highest BCUT2D eigenvalue weighted by atomic mass is 16.3. The van der Waals surface area contributed by atoms with Gasteiger partial charge in [0, 0.05) is 5.39 Å². The summed E-state index contributed by atoms with van der Waals surface area (Å²) in [4.78, 5) is 19.4. The summed E-state index contributed by atoms with van der Waals surface area (Å²) >= 11 is 0. The molecule has 2 aromatic carbocycles. The Balaban J connectivity index is 2.22. The van der Waals surface area contributed by atoms with E-state index in [2.05, 4.69) is 9.98 Å². The van der Waals surface area contributed by atoms with Crippen LogP contribution in [0.2, 0.25) is 0 Å². The molecule has 0 saturated carbocycles. The lowest BCUT2D eigenvalue weighted by molar-refractivity contribution is 0.479. The summed E-state index contributed by atoms with van der Waals surface area (Å²) in [5, 5.41) is 11.0. The molecule has 5 heteroatoms. The molecule has 3 aromatic rings. The maximum atomic E-state index is 12.2. The first-order valence-electron chi connectivity index (χ1n) is 6.82. The number of rotatable bonds is 2. The Hall–Kier alpha value is -3.08. The van der Waals surface area contributed by atoms with Crippen molar-refractivity contribution in [2.45, 2.75) is 6.92 Å². The standard InChI is InChI=1S/C17H15N3O2/c1-10(19-14-9-5-3-7-12(14)18)15-16(21)11-6-2-4-8-13(11)20-17(15)22/h2-9H,18H2,1H3,(H2,20,21,22). The van der Waals surface area contributed by atoms with Gasteiger partial charge in [-0.05, 0) is 31.2 Å². The summed E-state index contributed by atoms with van der Waals surface area (Å²) in [6.07, 6.45) is 0. The third-order valence-corrected chi connectivity index (χ3v) is 3.48. The summed E-state index contributed by atoms with van der Waals surface area (Å²) in [6.45, 7) is 1.67. The van der Waals surface area contributed by atoms with Gasteiger partial charge in [0.05, 0.1) is 22.6 Å². The van der Waals surface area contributed by atoms with Crippen LogP contribution >= 0.6 is 0 Å². The van der Waals surface area contributed by atoms with E-state index in [0.717, 1.165) is 0 Å². The van der Waals surface area contributed by atoms with Crippen LogP contribution in [0.3, 0.4) is 0 Å². The van der Waals surface area contributed by atoms with Gasteiger partial charge in [0.25, 0.3) is 5.56 Å². The van der Waals surface area contributed by atoms with Crippen molar-refractivity contribution in [3.05, 3.63) is 64.4 Å². The molecule has 1 heterocycles. The minimum Gasteiger partial charge on any atom is -0.506 e. The van der Waals surface area contributed by atoms with E-state index in [0.29, 0.717) is 28.0 Å². The minimum atomic E-state index is -0.382. The second kappa shape index (κ2) is 5.37. The van der Waals surface area contributed by atoms with Gasteiger partial charge < -0.3 is 15.8 Å². The van der Waals surface area contributed by atoms with Crippen LogP contribution < -0.4 is 11.3 Å². The smallest absolute Gasteiger partial charge is 0.261 e. The number of nitrogens with one attached hydrogen (secondary N) is 1. The number of aromatic hydroxyl groups is 1. The first-order valence-corrected chi connectivity index (χ1v) is 6.82. The predicted molar refractivity (Wildman–Crippen MR) is 89.0 cm³/mol. The molecule has 0 saturated heterocycles. The number of benzene rings is 2. The van der Waals surface area contributed by atoms with E-state index in [4.69, 9.17) is 5.73 Å². The van der Waals surface area contributed by atoms with Gasteiger partial charge >= 0.3 is 0 Å². The molecule has 22 heavy (non-hydrogen) atoms. The number of H-pyrrole nitrogens is 1. The largest absolute Gasteiger partial charge is 0.506 e. The van der Waals surface area contributed by atoms with Gasteiger partial charge in [-0.15, -0.1) is 0 Å². The molecule has 1 aromatic heterocycles. The van der Waals surface area contributed by atoms with Crippen LogP contribution in [-0.4, -0.2) is 15.8 Å². The van der Waals surface area contributed by atoms with Crippen molar-refractivity contribution >= 4 is 28.0 Å². The van der Waals surface area contributed by atoms with Crippen LogP contribution in [0.4, 0.5) is 11.4 Å². The molecule has 4 N–H and O–H groups in total. The maximum Gasteiger partial charge on any atom is 0.261 e. The Kier molecular flexibility index (Phi) is 3.39. The molecule has 0 spiro atoms. The zero-order valence-electron chi connectivity index (χ0n) is 12.0. The van der Waals surface area contributed by atoms with E-state index in [-0.39, 0.29) is 16.9 Å². The molecule has 0 atom stereocenters. The molecule has 0 radical (unpaired) electrons. The summed E-state index contributed by atoms with van der Waals surface area (Å²) in [6, 6.07) is 14.2. The number of nitrogens with two attached hydrogens (primary N) is 1. The third kappa shape index (κ3) is 2.33. The van der Waals surface area contributed by atoms with Crippen LogP contribution in [0, 0.1) is 0 Å². The van der Waals surface area contributed by atoms with Crippen LogP contribution in [-0.2, 0) is 0 Å². The molecule has 0 unspecified atom stereocenters. The Morgan fingerprint density at radius 2 is 1.82 bits per heavy atom.